The first kappa shape index (κ1) is 15.3. The van der Waals surface area contributed by atoms with E-state index in [0.29, 0.717) is 11.3 Å². The molecule has 0 spiro atoms. The number of carbonyl (C=O) groups is 1. The van der Waals surface area contributed by atoms with Crippen LogP contribution in [0.25, 0.3) is 0 Å². The molecule has 0 fully saturated rings. The Morgan fingerprint density at radius 3 is 2.29 bits per heavy atom. The zero-order valence-electron chi connectivity index (χ0n) is 13.0. The van der Waals surface area contributed by atoms with Crippen molar-refractivity contribution in [2.45, 2.75) is 19.6 Å². The number of nitrogens with zero attached hydrogens (tertiary/aromatic N) is 1. The van der Waals surface area contributed by atoms with Gasteiger partial charge >= 0.3 is 5.97 Å². The van der Waals surface area contributed by atoms with Gasteiger partial charge in [0, 0.05) is 5.69 Å². The molecule has 2 aromatic rings. The average molecular weight is 299 g/mol. The molecule has 3 nitrogen and oxygen atoms in total. The number of para-hydroxylation sites is 1. The SMILES string of the molecule is CN(c1cccc(C(=O)Oc2ccccc2)c1)[Si](C)(C)C. The van der Waals surface area contributed by atoms with E-state index < -0.39 is 8.24 Å². The molecule has 0 amide bonds. The molecule has 0 saturated heterocycles. The van der Waals surface area contributed by atoms with Crippen LogP contribution in [0, 0.1) is 0 Å². The summed E-state index contributed by atoms with van der Waals surface area (Å²) >= 11 is 0. The number of ether oxygens (including phenoxy) is 1. The van der Waals surface area contributed by atoms with Crippen molar-refractivity contribution in [1.29, 1.82) is 0 Å². The van der Waals surface area contributed by atoms with Gasteiger partial charge in [-0.3, -0.25) is 0 Å². The molecule has 0 aromatic heterocycles. The molecule has 2 aromatic carbocycles. The molecule has 110 valence electrons. The van der Waals surface area contributed by atoms with Crippen LogP contribution in [0.15, 0.2) is 54.6 Å². The summed E-state index contributed by atoms with van der Waals surface area (Å²) in [6.45, 7) is 6.80. The van der Waals surface area contributed by atoms with Gasteiger partial charge < -0.3 is 9.30 Å². The number of benzene rings is 2. The third-order valence-electron chi connectivity index (χ3n) is 3.43. The van der Waals surface area contributed by atoms with E-state index >= 15 is 0 Å². The maximum absolute atomic E-state index is 12.2. The standard InChI is InChI=1S/C17H21NO2Si/c1-18(21(2,3)4)15-10-8-9-14(13-15)17(19)20-16-11-6-5-7-12-16/h5-13H,1-4H3. The summed E-state index contributed by atoms with van der Waals surface area (Å²) in [5.41, 5.74) is 1.62. The summed E-state index contributed by atoms with van der Waals surface area (Å²) in [5, 5.41) is 0. The highest BCUT2D eigenvalue weighted by Crippen LogP contribution is 2.21. The van der Waals surface area contributed by atoms with Crippen LogP contribution in [0.1, 0.15) is 10.4 Å². The first-order valence-corrected chi connectivity index (χ1v) is 10.4. The second kappa shape index (κ2) is 6.14. The summed E-state index contributed by atoms with van der Waals surface area (Å²) in [6.07, 6.45) is 0. The average Bonchev–Trinajstić information content (AvgIpc) is 2.46. The largest absolute Gasteiger partial charge is 0.423 e. The Kier molecular flexibility index (Phi) is 4.48. The van der Waals surface area contributed by atoms with Crippen LogP contribution in [0.3, 0.4) is 0 Å². The Morgan fingerprint density at radius 2 is 1.67 bits per heavy atom. The van der Waals surface area contributed by atoms with E-state index in [2.05, 4.69) is 31.3 Å². The number of hydrogen-bond acceptors (Lipinski definition) is 3. The molecule has 0 aliphatic heterocycles. The Bertz CT molecular complexity index is 620. The maximum Gasteiger partial charge on any atom is 0.343 e. The summed E-state index contributed by atoms with van der Waals surface area (Å²) in [6, 6.07) is 16.7. The van der Waals surface area contributed by atoms with Crippen molar-refractivity contribution in [1.82, 2.24) is 0 Å². The van der Waals surface area contributed by atoms with Crippen molar-refractivity contribution < 1.29 is 9.53 Å². The van der Waals surface area contributed by atoms with E-state index in [1.54, 1.807) is 18.2 Å². The number of hydrogen-bond donors (Lipinski definition) is 0. The van der Waals surface area contributed by atoms with Crippen molar-refractivity contribution in [3.05, 3.63) is 60.2 Å². The molecule has 21 heavy (non-hydrogen) atoms. The summed E-state index contributed by atoms with van der Waals surface area (Å²) < 4.78 is 7.64. The second-order valence-corrected chi connectivity index (χ2v) is 11.0. The zero-order valence-corrected chi connectivity index (χ0v) is 14.0. The lowest BCUT2D eigenvalue weighted by molar-refractivity contribution is 0.0735. The van der Waals surface area contributed by atoms with Crippen LogP contribution < -0.4 is 9.30 Å². The van der Waals surface area contributed by atoms with E-state index in [1.165, 1.54) is 0 Å². The van der Waals surface area contributed by atoms with Crippen molar-refractivity contribution in [2.24, 2.45) is 0 Å². The molecule has 0 N–H and O–H groups in total. The summed E-state index contributed by atoms with van der Waals surface area (Å²) in [5.74, 6) is 0.235. The molecule has 4 heteroatoms. The third kappa shape index (κ3) is 3.95. The lowest BCUT2D eigenvalue weighted by atomic mass is 10.2. The Balaban J connectivity index is 2.19. The topological polar surface area (TPSA) is 29.5 Å². The van der Waals surface area contributed by atoms with Crippen molar-refractivity contribution in [3.63, 3.8) is 0 Å². The monoisotopic (exact) mass is 299 g/mol. The van der Waals surface area contributed by atoms with E-state index in [4.69, 9.17) is 4.74 Å². The van der Waals surface area contributed by atoms with E-state index in [9.17, 15) is 4.79 Å². The van der Waals surface area contributed by atoms with Gasteiger partial charge in [0.1, 0.15) is 14.0 Å². The minimum absolute atomic E-state index is 0.327. The quantitative estimate of drug-likeness (QED) is 0.482. The van der Waals surface area contributed by atoms with Gasteiger partial charge in [0.25, 0.3) is 0 Å². The van der Waals surface area contributed by atoms with Gasteiger partial charge in [-0.2, -0.15) is 0 Å². The minimum atomic E-state index is -1.45. The number of anilines is 1. The molecule has 0 atom stereocenters. The van der Waals surface area contributed by atoms with Crippen molar-refractivity contribution >= 4 is 19.9 Å². The third-order valence-corrected chi connectivity index (χ3v) is 5.70. The Labute approximate surface area is 127 Å². The lowest BCUT2D eigenvalue weighted by Gasteiger charge is -2.32. The van der Waals surface area contributed by atoms with Gasteiger partial charge in [-0.25, -0.2) is 4.79 Å². The molecular weight excluding hydrogens is 278 g/mol. The summed E-state index contributed by atoms with van der Waals surface area (Å²) in [4.78, 5) is 12.2. The zero-order chi connectivity index (χ0) is 15.5. The van der Waals surface area contributed by atoms with Gasteiger partial charge in [0.05, 0.1) is 5.56 Å². The highest BCUT2D eigenvalue weighted by Gasteiger charge is 2.21. The lowest BCUT2D eigenvalue weighted by Crippen LogP contribution is -2.43. The van der Waals surface area contributed by atoms with E-state index in [0.717, 1.165) is 5.69 Å². The highest BCUT2D eigenvalue weighted by atomic mass is 28.3. The first-order chi connectivity index (χ1) is 9.88. The molecule has 0 saturated carbocycles. The van der Waals surface area contributed by atoms with E-state index in [1.807, 2.05) is 36.4 Å². The first-order valence-electron chi connectivity index (χ1n) is 6.99. The Hall–Kier alpha value is -2.07. The fraction of sp³-hybridized carbons (Fsp3) is 0.235. The normalized spacial score (nSPS) is 11.0. The molecule has 0 unspecified atom stereocenters. The van der Waals surface area contributed by atoms with Crippen LogP contribution in [0.5, 0.6) is 5.75 Å². The predicted molar refractivity (Wildman–Crippen MR) is 89.6 cm³/mol. The summed E-state index contributed by atoms with van der Waals surface area (Å²) in [7, 11) is 0.625. The maximum atomic E-state index is 12.2. The van der Waals surface area contributed by atoms with Crippen LogP contribution in [0.2, 0.25) is 19.6 Å². The van der Waals surface area contributed by atoms with Gasteiger partial charge in [0.15, 0.2) is 0 Å². The van der Waals surface area contributed by atoms with Crippen LogP contribution in [-0.4, -0.2) is 21.3 Å². The van der Waals surface area contributed by atoms with Crippen LogP contribution in [-0.2, 0) is 0 Å². The van der Waals surface area contributed by atoms with Gasteiger partial charge in [-0.15, -0.1) is 0 Å². The molecule has 0 aliphatic carbocycles. The number of carbonyl (C=O) groups excluding carboxylic acids is 1. The molecule has 0 heterocycles. The van der Waals surface area contributed by atoms with Crippen molar-refractivity contribution in [2.75, 3.05) is 11.6 Å². The molecular formula is C17H21NO2Si. The van der Waals surface area contributed by atoms with Crippen molar-refractivity contribution in [3.8, 4) is 5.75 Å². The number of rotatable bonds is 4. The van der Waals surface area contributed by atoms with Gasteiger partial charge in [0.2, 0.25) is 0 Å². The van der Waals surface area contributed by atoms with Gasteiger partial charge in [-0.05, 0) is 37.4 Å². The number of esters is 1. The fourth-order valence-electron chi connectivity index (χ4n) is 1.88. The van der Waals surface area contributed by atoms with E-state index in [-0.39, 0.29) is 5.97 Å². The van der Waals surface area contributed by atoms with Gasteiger partial charge in [-0.1, -0.05) is 43.9 Å². The predicted octanol–water partition coefficient (Wildman–Crippen LogP) is 4.18. The highest BCUT2D eigenvalue weighted by molar-refractivity contribution is 6.79. The van der Waals surface area contributed by atoms with Crippen LogP contribution in [0.4, 0.5) is 5.69 Å². The smallest absolute Gasteiger partial charge is 0.343 e. The fourth-order valence-corrected chi connectivity index (χ4v) is 2.80. The second-order valence-electron chi connectivity index (χ2n) is 5.98. The van der Waals surface area contributed by atoms with Crippen LogP contribution >= 0.6 is 0 Å². The molecule has 0 radical (unpaired) electrons. The molecule has 0 aliphatic rings. The minimum Gasteiger partial charge on any atom is -0.423 e. The Morgan fingerprint density at radius 1 is 1.00 bits per heavy atom. The molecule has 0 bridgehead atoms. The molecule has 2 rings (SSSR count).